The fourth-order valence-corrected chi connectivity index (χ4v) is 2.04. The predicted molar refractivity (Wildman–Crippen MR) is 86.5 cm³/mol. The average molecular weight is 275 g/mol. The van der Waals surface area contributed by atoms with Crippen LogP contribution in [0.5, 0.6) is 0 Å². The van der Waals surface area contributed by atoms with Crippen molar-refractivity contribution in [3.05, 3.63) is 58.8 Å². The minimum absolute atomic E-state index is 0.770. The van der Waals surface area contributed by atoms with Crippen molar-refractivity contribution in [3.63, 3.8) is 0 Å². The molecule has 0 bridgehead atoms. The van der Waals surface area contributed by atoms with Crippen LogP contribution in [0.1, 0.15) is 51.0 Å². The van der Waals surface area contributed by atoms with Crippen LogP contribution in [0.15, 0.2) is 48.2 Å². The molecule has 1 aromatic rings. The zero-order valence-electron chi connectivity index (χ0n) is 11.8. The Morgan fingerprint density at radius 1 is 1.21 bits per heavy atom. The summed E-state index contributed by atoms with van der Waals surface area (Å²) in [5.41, 5.74) is 5.88. The van der Waals surface area contributed by atoms with E-state index in [1.54, 1.807) is 0 Å². The van der Waals surface area contributed by atoms with Crippen LogP contribution in [0.3, 0.4) is 0 Å². The molecule has 0 N–H and O–H groups in total. The van der Waals surface area contributed by atoms with Crippen LogP contribution in [0.2, 0.25) is 5.02 Å². The van der Waals surface area contributed by atoms with Crippen molar-refractivity contribution in [2.45, 2.75) is 45.4 Å². The number of benzene rings is 1. The van der Waals surface area contributed by atoms with E-state index in [1.165, 1.54) is 31.3 Å². The van der Waals surface area contributed by atoms with Gasteiger partial charge in [-0.05, 0) is 48.6 Å². The molecule has 0 amide bonds. The lowest BCUT2D eigenvalue weighted by Crippen LogP contribution is -1.82. The minimum Gasteiger partial charge on any atom is -0.121 e. The number of hydrogen-bond donors (Lipinski definition) is 0. The van der Waals surface area contributed by atoms with Crippen molar-refractivity contribution in [1.82, 2.24) is 0 Å². The van der Waals surface area contributed by atoms with Gasteiger partial charge in [0.25, 0.3) is 0 Å². The second kappa shape index (κ2) is 9.67. The molecule has 0 aromatic heterocycles. The third-order valence-electron chi connectivity index (χ3n) is 3.04. The Morgan fingerprint density at radius 2 is 1.95 bits per heavy atom. The molecule has 0 spiro atoms. The van der Waals surface area contributed by atoms with Crippen LogP contribution in [-0.2, 0) is 0 Å². The maximum Gasteiger partial charge on any atom is 0.0406 e. The van der Waals surface area contributed by atoms with Gasteiger partial charge in [-0.2, -0.15) is 0 Å². The van der Waals surface area contributed by atoms with Gasteiger partial charge in [-0.25, -0.2) is 0 Å². The van der Waals surface area contributed by atoms with E-state index in [4.69, 9.17) is 11.6 Å². The quantitative estimate of drug-likeness (QED) is 0.291. The average Bonchev–Trinajstić information content (AvgIpc) is 2.42. The van der Waals surface area contributed by atoms with E-state index in [9.17, 15) is 0 Å². The van der Waals surface area contributed by atoms with Crippen molar-refractivity contribution >= 4 is 17.7 Å². The monoisotopic (exact) mass is 274 g/mol. The number of allylic oxidation sites excluding steroid dienone is 2. The number of hydrogen-bond acceptors (Lipinski definition) is 0. The standard InChI is InChI=1S/C18H23Cl/c1-3-5-6-7-9-16(8-4-2)10-11-17-12-14-18(19)15-13-17/h4,11-15H,2-3,5-9H2,1H3. The van der Waals surface area contributed by atoms with E-state index in [1.807, 2.05) is 36.4 Å². The van der Waals surface area contributed by atoms with Gasteiger partial charge in [-0.3, -0.25) is 0 Å². The zero-order chi connectivity index (χ0) is 13.9. The van der Waals surface area contributed by atoms with Gasteiger partial charge in [-0.15, -0.1) is 12.3 Å². The van der Waals surface area contributed by atoms with E-state index in [0.29, 0.717) is 0 Å². The van der Waals surface area contributed by atoms with Gasteiger partial charge in [0.15, 0.2) is 0 Å². The molecule has 102 valence electrons. The molecule has 0 aliphatic carbocycles. The Balaban J connectivity index is 2.65. The summed E-state index contributed by atoms with van der Waals surface area (Å²) in [4.78, 5) is 0. The summed E-state index contributed by atoms with van der Waals surface area (Å²) in [6, 6.07) is 7.84. The Labute approximate surface area is 122 Å². The topological polar surface area (TPSA) is 0 Å². The van der Waals surface area contributed by atoms with Gasteiger partial charge in [0.05, 0.1) is 0 Å². The lowest BCUT2D eigenvalue weighted by molar-refractivity contribution is 0.661. The second-order valence-electron chi connectivity index (χ2n) is 4.75. The molecule has 0 unspecified atom stereocenters. The van der Waals surface area contributed by atoms with E-state index in [2.05, 4.69) is 19.2 Å². The summed E-state index contributed by atoms with van der Waals surface area (Å²) < 4.78 is 0. The lowest BCUT2D eigenvalue weighted by Gasteiger charge is -2.01. The fourth-order valence-electron chi connectivity index (χ4n) is 1.92. The normalized spacial score (nSPS) is 9.79. The predicted octanol–water partition coefficient (Wildman–Crippen LogP) is 6.43. The summed E-state index contributed by atoms with van der Waals surface area (Å²) in [5.74, 6) is 0. The van der Waals surface area contributed by atoms with Gasteiger partial charge in [-0.1, -0.05) is 56.0 Å². The summed E-state index contributed by atoms with van der Waals surface area (Å²) in [6.07, 6.45) is 11.2. The largest absolute Gasteiger partial charge is 0.121 e. The molecular formula is C18H23Cl. The molecule has 0 atom stereocenters. The maximum absolute atomic E-state index is 5.87. The van der Waals surface area contributed by atoms with Gasteiger partial charge >= 0.3 is 0 Å². The summed E-state index contributed by atoms with van der Waals surface area (Å²) in [6.45, 7) is 6.06. The Bertz CT molecular complexity index is 433. The first-order valence-electron chi connectivity index (χ1n) is 7.07. The molecule has 0 aliphatic rings. The first kappa shape index (κ1) is 15.8. The number of halogens is 1. The first-order chi connectivity index (χ1) is 9.26. The van der Waals surface area contributed by atoms with Gasteiger partial charge < -0.3 is 0 Å². The highest BCUT2D eigenvalue weighted by atomic mass is 35.5. The summed E-state index contributed by atoms with van der Waals surface area (Å²) in [5, 5.41) is 0.770. The van der Waals surface area contributed by atoms with Crippen molar-refractivity contribution < 1.29 is 0 Å². The molecule has 0 aliphatic heterocycles. The van der Waals surface area contributed by atoms with Crippen LogP contribution >= 0.6 is 11.6 Å². The Kier molecular flexibility index (Phi) is 8.05. The summed E-state index contributed by atoms with van der Waals surface area (Å²) in [7, 11) is 0. The van der Waals surface area contributed by atoms with E-state index >= 15 is 0 Å². The van der Waals surface area contributed by atoms with Crippen LogP contribution in [-0.4, -0.2) is 0 Å². The molecule has 1 heteroatoms. The highest BCUT2D eigenvalue weighted by Gasteiger charge is 1.95. The van der Waals surface area contributed by atoms with Crippen LogP contribution in [0.25, 0.3) is 6.08 Å². The van der Waals surface area contributed by atoms with Crippen molar-refractivity contribution in [2.24, 2.45) is 0 Å². The zero-order valence-corrected chi connectivity index (χ0v) is 12.5. The number of rotatable bonds is 8. The second-order valence-corrected chi connectivity index (χ2v) is 5.18. The smallest absolute Gasteiger partial charge is 0.0406 e. The highest BCUT2D eigenvalue weighted by molar-refractivity contribution is 6.30. The third kappa shape index (κ3) is 7.06. The maximum atomic E-state index is 5.87. The fraction of sp³-hybridized carbons (Fsp3) is 0.389. The lowest BCUT2D eigenvalue weighted by atomic mass is 10.0. The molecule has 19 heavy (non-hydrogen) atoms. The number of unbranched alkanes of at least 4 members (excludes halogenated alkanes) is 3. The van der Waals surface area contributed by atoms with E-state index in [0.717, 1.165) is 23.4 Å². The van der Waals surface area contributed by atoms with Crippen LogP contribution in [0.4, 0.5) is 0 Å². The molecule has 0 saturated heterocycles. The highest BCUT2D eigenvalue weighted by Crippen LogP contribution is 2.15. The molecule has 0 nitrogen and oxygen atoms in total. The SMILES string of the molecule is C=CCC(=C=Cc1ccc(Cl)cc1)CCCCCC. The third-order valence-corrected chi connectivity index (χ3v) is 3.29. The Morgan fingerprint density at radius 3 is 2.58 bits per heavy atom. The molecule has 0 saturated carbocycles. The molecule has 1 aromatic carbocycles. The van der Waals surface area contributed by atoms with Gasteiger partial charge in [0.2, 0.25) is 0 Å². The van der Waals surface area contributed by atoms with Crippen molar-refractivity contribution in [3.8, 4) is 0 Å². The van der Waals surface area contributed by atoms with E-state index < -0.39 is 0 Å². The van der Waals surface area contributed by atoms with Crippen LogP contribution in [0, 0.1) is 0 Å². The molecular weight excluding hydrogens is 252 g/mol. The van der Waals surface area contributed by atoms with Gasteiger partial charge in [0.1, 0.15) is 0 Å². The van der Waals surface area contributed by atoms with E-state index in [-0.39, 0.29) is 0 Å². The minimum atomic E-state index is 0.770. The summed E-state index contributed by atoms with van der Waals surface area (Å²) >= 11 is 5.87. The van der Waals surface area contributed by atoms with Crippen molar-refractivity contribution in [1.29, 1.82) is 0 Å². The molecule has 1 rings (SSSR count). The Hall–Kier alpha value is -1.23. The molecule has 0 fully saturated rings. The van der Waals surface area contributed by atoms with Crippen molar-refractivity contribution in [2.75, 3.05) is 0 Å². The molecule has 0 heterocycles. The molecule has 0 radical (unpaired) electrons. The van der Waals surface area contributed by atoms with Crippen LogP contribution < -0.4 is 0 Å². The van der Waals surface area contributed by atoms with Gasteiger partial charge in [0, 0.05) is 5.02 Å². The first-order valence-corrected chi connectivity index (χ1v) is 7.45.